The average Bonchev–Trinajstić information content (AvgIpc) is 2.64. The molecule has 16 heavy (non-hydrogen) atoms. The van der Waals surface area contributed by atoms with Crippen molar-refractivity contribution < 1.29 is 9.53 Å². The Balaban J connectivity index is 2.08. The monoisotopic (exact) mass is 217 g/mol. The number of hydrogen-bond donors (Lipinski definition) is 1. The lowest BCUT2D eigenvalue weighted by molar-refractivity contribution is -0.118. The Hall–Kier alpha value is -2.04. The van der Waals surface area contributed by atoms with Crippen molar-refractivity contribution in [1.29, 1.82) is 0 Å². The SMILES string of the molecule is COc1cccc2c1CN1CC(=O)NC1=N2. The second-order valence-corrected chi connectivity index (χ2v) is 3.80. The molecule has 0 unspecified atom stereocenters. The van der Waals surface area contributed by atoms with E-state index in [0.717, 1.165) is 17.0 Å². The van der Waals surface area contributed by atoms with Crippen molar-refractivity contribution in [2.45, 2.75) is 6.54 Å². The van der Waals surface area contributed by atoms with Gasteiger partial charge < -0.3 is 9.64 Å². The van der Waals surface area contributed by atoms with Gasteiger partial charge in [-0.05, 0) is 12.1 Å². The number of amides is 1. The summed E-state index contributed by atoms with van der Waals surface area (Å²) < 4.78 is 5.29. The van der Waals surface area contributed by atoms with Crippen LogP contribution in [0.5, 0.6) is 5.75 Å². The first-order chi connectivity index (χ1) is 7.78. The summed E-state index contributed by atoms with van der Waals surface area (Å²) in [5.41, 5.74) is 1.90. The fraction of sp³-hybridized carbons (Fsp3) is 0.273. The predicted molar refractivity (Wildman–Crippen MR) is 58.6 cm³/mol. The van der Waals surface area contributed by atoms with Gasteiger partial charge in [0.2, 0.25) is 11.9 Å². The van der Waals surface area contributed by atoms with Gasteiger partial charge in [0.1, 0.15) is 12.3 Å². The van der Waals surface area contributed by atoms with E-state index in [2.05, 4.69) is 10.3 Å². The van der Waals surface area contributed by atoms with Crippen LogP contribution in [0, 0.1) is 0 Å². The summed E-state index contributed by atoms with van der Waals surface area (Å²) in [4.78, 5) is 17.6. The molecule has 2 heterocycles. The van der Waals surface area contributed by atoms with E-state index in [1.165, 1.54) is 0 Å². The molecule has 0 atom stereocenters. The Labute approximate surface area is 92.7 Å². The van der Waals surface area contributed by atoms with Crippen LogP contribution in [0.1, 0.15) is 5.56 Å². The second-order valence-electron chi connectivity index (χ2n) is 3.80. The van der Waals surface area contributed by atoms with Crippen LogP contribution in [-0.4, -0.2) is 30.4 Å². The van der Waals surface area contributed by atoms with Crippen LogP contribution in [0.4, 0.5) is 5.69 Å². The number of carbonyl (C=O) groups is 1. The number of fused-ring (bicyclic) bond motifs is 2. The molecule has 0 aromatic heterocycles. The molecule has 0 bridgehead atoms. The average molecular weight is 217 g/mol. The fourth-order valence-electron chi connectivity index (χ4n) is 2.03. The van der Waals surface area contributed by atoms with Crippen LogP contribution < -0.4 is 10.1 Å². The Morgan fingerprint density at radius 2 is 2.31 bits per heavy atom. The molecule has 1 aromatic rings. The number of methoxy groups -OCH3 is 1. The molecule has 1 amide bonds. The predicted octanol–water partition coefficient (Wildman–Crippen LogP) is 0.628. The van der Waals surface area contributed by atoms with Crippen molar-refractivity contribution in [2.24, 2.45) is 4.99 Å². The number of nitrogens with zero attached hydrogens (tertiary/aromatic N) is 2. The maximum Gasteiger partial charge on any atom is 0.246 e. The van der Waals surface area contributed by atoms with Crippen LogP contribution in [0.25, 0.3) is 0 Å². The Morgan fingerprint density at radius 1 is 1.44 bits per heavy atom. The lowest BCUT2D eigenvalue weighted by Gasteiger charge is -2.24. The number of guanidine groups is 1. The summed E-state index contributed by atoms with van der Waals surface area (Å²) in [5.74, 6) is 1.45. The zero-order valence-electron chi connectivity index (χ0n) is 8.86. The number of hydrogen-bond acceptors (Lipinski definition) is 4. The molecule has 2 aliphatic heterocycles. The van der Waals surface area contributed by atoms with Crippen molar-refractivity contribution in [3.8, 4) is 5.75 Å². The number of aliphatic imine (C=N–C) groups is 1. The smallest absolute Gasteiger partial charge is 0.246 e. The normalized spacial score (nSPS) is 17.4. The number of rotatable bonds is 1. The zero-order chi connectivity index (χ0) is 11.1. The summed E-state index contributed by atoms with van der Waals surface area (Å²) in [6.07, 6.45) is 0. The summed E-state index contributed by atoms with van der Waals surface area (Å²) >= 11 is 0. The molecule has 0 spiro atoms. The molecule has 0 radical (unpaired) electrons. The fourth-order valence-corrected chi connectivity index (χ4v) is 2.03. The minimum absolute atomic E-state index is 0.00878. The highest BCUT2D eigenvalue weighted by atomic mass is 16.5. The first kappa shape index (κ1) is 9.21. The van der Waals surface area contributed by atoms with Gasteiger partial charge in [0.15, 0.2) is 0 Å². The van der Waals surface area contributed by atoms with Crippen molar-refractivity contribution in [2.75, 3.05) is 13.7 Å². The third-order valence-electron chi connectivity index (χ3n) is 2.79. The Morgan fingerprint density at radius 3 is 3.12 bits per heavy atom. The van der Waals surface area contributed by atoms with Gasteiger partial charge in [0.05, 0.1) is 19.3 Å². The number of carbonyl (C=O) groups excluding carboxylic acids is 1. The maximum atomic E-state index is 11.3. The number of benzene rings is 1. The number of nitrogens with one attached hydrogen (secondary N) is 1. The second kappa shape index (κ2) is 3.23. The highest BCUT2D eigenvalue weighted by Crippen LogP contribution is 2.33. The summed E-state index contributed by atoms with van der Waals surface area (Å²) in [6.45, 7) is 1.03. The molecule has 1 fully saturated rings. The molecule has 0 saturated carbocycles. The molecule has 1 saturated heterocycles. The molecule has 2 aliphatic rings. The quantitative estimate of drug-likeness (QED) is 0.750. The minimum Gasteiger partial charge on any atom is -0.496 e. The van der Waals surface area contributed by atoms with Crippen LogP contribution in [0.3, 0.4) is 0 Å². The van der Waals surface area contributed by atoms with E-state index in [-0.39, 0.29) is 5.91 Å². The molecule has 5 heteroatoms. The summed E-state index contributed by atoms with van der Waals surface area (Å²) in [6, 6.07) is 5.73. The van der Waals surface area contributed by atoms with E-state index in [0.29, 0.717) is 19.0 Å². The number of ether oxygens (including phenoxy) is 1. The Bertz CT molecular complexity index is 496. The van der Waals surface area contributed by atoms with Gasteiger partial charge in [0, 0.05) is 5.56 Å². The zero-order valence-corrected chi connectivity index (χ0v) is 8.86. The van der Waals surface area contributed by atoms with Crippen molar-refractivity contribution in [3.63, 3.8) is 0 Å². The van der Waals surface area contributed by atoms with E-state index in [1.54, 1.807) is 7.11 Å². The van der Waals surface area contributed by atoms with Crippen LogP contribution in [0.15, 0.2) is 23.2 Å². The highest BCUT2D eigenvalue weighted by molar-refractivity contribution is 6.05. The minimum atomic E-state index is -0.00878. The first-order valence-electron chi connectivity index (χ1n) is 5.07. The van der Waals surface area contributed by atoms with Crippen LogP contribution >= 0.6 is 0 Å². The van der Waals surface area contributed by atoms with Crippen molar-refractivity contribution in [1.82, 2.24) is 10.2 Å². The van der Waals surface area contributed by atoms with Crippen LogP contribution in [0.2, 0.25) is 0 Å². The third kappa shape index (κ3) is 1.25. The van der Waals surface area contributed by atoms with E-state index < -0.39 is 0 Å². The molecule has 82 valence electrons. The van der Waals surface area contributed by atoms with Gasteiger partial charge in [0.25, 0.3) is 0 Å². The van der Waals surface area contributed by atoms with Crippen molar-refractivity contribution >= 4 is 17.6 Å². The highest BCUT2D eigenvalue weighted by Gasteiger charge is 2.30. The van der Waals surface area contributed by atoms with Gasteiger partial charge in [-0.3, -0.25) is 10.1 Å². The molecular weight excluding hydrogens is 206 g/mol. The standard InChI is InChI=1S/C11H11N3O2/c1-16-9-4-2-3-8-7(9)5-14-6-10(15)13-11(14)12-8/h2-4H,5-6H2,1H3,(H,12,13,15). The lowest BCUT2D eigenvalue weighted by Crippen LogP contribution is -2.32. The van der Waals surface area contributed by atoms with E-state index >= 15 is 0 Å². The topological polar surface area (TPSA) is 53.9 Å². The Kier molecular flexibility index (Phi) is 1.86. The van der Waals surface area contributed by atoms with Gasteiger partial charge >= 0.3 is 0 Å². The van der Waals surface area contributed by atoms with Gasteiger partial charge in [-0.2, -0.15) is 0 Å². The van der Waals surface area contributed by atoms with E-state index in [1.807, 2.05) is 23.1 Å². The van der Waals surface area contributed by atoms with Gasteiger partial charge in [-0.25, -0.2) is 4.99 Å². The largest absolute Gasteiger partial charge is 0.496 e. The molecule has 0 aliphatic carbocycles. The first-order valence-corrected chi connectivity index (χ1v) is 5.07. The molecule has 3 rings (SSSR count). The molecule has 5 nitrogen and oxygen atoms in total. The van der Waals surface area contributed by atoms with Crippen molar-refractivity contribution in [3.05, 3.63) is 23.8 Å². The lowest BCUT2D eigenvalue weighted by atomic mass is 10.1. The van der Waals surface area contributed by atoms with Gasteiger partial charge in [-0.15, -0.1) is 0 Å². The van der Waals surface area contributed by atoms with Gasteiger partial charge in [-0.1, -0.05) is 6.07 Å². The summed E-state index contributed by atoms with van der Waals surface area (Å²) in [5, 5.41) is 2.73. The molecular formula is C11H11N3O2. The van der Waals surface area contributed by atoms with E-state index in [4.69, 9.17) is 4.74 Å². The van der Waals surface area contributed by atoms with Crippen LogP contribution in [-0.2, 0) is 11.3 Å². The molecule has 1 N–H and O–H groups in total. The van der Waals surface area contributed by atoms with E-state index in [9.17, 15) is 4.79 Å². The maximum absolute atomic E-state index is 11.3. The third-order valence-corrected chi connectivity index (χ3v) is 2.79. The summed E-state index contributed by atoms with van der Waals surface area (Å²) in [7, 11) is 1.64. The molecule has 1 aromatic carbocycles.